The summed E-state index contributed by atoms with van der Waals surface area (Å²) >= 11 is 0. The van der Waals surface area contributed by atoms with Crippen molar-refractivity contribution < 1.29 is 40.6 Å². The highest BCUT2D eigenvalue weighted by atomic mass is 32.2. The summed E-state index contributed by atoms with van der Waals surface area (Å²) in [6, 6.07) is 19.8. The Morgan fingerprint density at radius 2 is 1.54 bits per heavy atom. The van der Waals surface area contributed by atoms with Gasteiger partial charge in [-0.3, -0.25) is 4.79 Å². The third-order valence-electron chi connectivity index (χ3n) is 5.21. The van der Waals surface area contributed by atoms with E-state index in [0.29, 0.717) is 17.7 Å². The lowest BCUT2D eigenvalue weighted by Gasteiger charge is -2.14. The Bertz CT molecular complexity index is 1280. The normalized spacial score (nSPS) is 11.7. The number of benzene rings is 3. The smallest absolute Gasteiger partial charge is 0.471 e. The van der Waals surface area contributed by atoms with Crippen LogP contribution in [0.25, 0.3) is 0 Å². The highest BCUT2D eigenvalue weighted by Crippen LogP contribution is 2.33. The molecule has 0 radical (unpaired) electrons. The van der Waals surface area contributed by atoms with Gasteiger partial charge in [0.15, 0.2) is 18.3 Å². The van der Waals surface area contributed by atoms with E-state index in [2.05, 4.69) is 0 Å². The Morgan fingerprint density at radius 3 is 2.19 bits per heavy atom. The van der Waals surface area contributed by atoms with Crippen molar-refractivity contribution in [3.63, 3.8) is 0 Å². The topological polar surface area (TPSA) is 90.9 Å². The average Bonchev–Trinajstić information content (AvgIpc) is 2.89. The summed E-state index contributed by atoms with van der Waals surface area (Å²) in [6.45, 7) is 0.00226. The predicted octanol–water partition coefficient (Wildman–Crippen LogP) is 4.69. The number of aryl methyl sites for hydroxylation is 1. The molecule has 0 aliphatic rings. The van der Waals surface area contributed by atoms with Crippen molar-refractivity contribution in [2.45, 2.75) is 35.4 Å². The molecule has 1 N–H and O–H groups in total. The van der Waals surface area contributed by atoms with E-state index in [9.17, 15) is 26.4 Å². The van der Waals surface area contributed by atoms with Crippen molar-refractivity contribution in [2.24, 2.45) is 0 Å². The lowest BCUT2D eigenvalue weighted by atomic mass is 10.1. The number of halogens is 3. The van der Waals surface area contributed by atoms with Gasteiger partial charge in [-0.2, -0.15) is 13.2 Å². The first kappa shape index (κ1) is 28.0. The molecule has 198 valence electrons. The quantitative estimate of drug-likeness (QED) is 0.266. The number of sulfone groups is 1. The van der Waals surface area contributed by atoms with Crippen LogP contribution in [0.2, 0.25) is 0 Å². The zero-order valence-electron chi connectivity index (χ0n) is 20.0. The maximum Gasteiger partial charge on any atom is 0.471 e. The van der Waals surface area contributed by atoms with E-state index in [0.717, 1.165) is 5.56 Å². The lowest BCUT2D eigenvalue weighted by molar-refractivity contribution is -0.173. The van der Waals surface area contributed by atoms with Crippen LogP contribution in [0.4, 0.5) is 13.2 Å². The van der Waals surface area contributed by atoms with Crippen LogP contribution in [-0.2, 0) is 32.4 Å². The fourth-order valence-corrected chi connectivity index (χ4v) is 4.59. The van der Waals surface area contributed by atoms with Crippen LogP contribution in [0.1, 0.15) is 17.5 Å². The monoisotopic (exact) mass is 537 g/mol. The number of hydrogen-bond donors (Lipinski definition) is 1. The first-order chi connectivity index (χ1) is 17.6. The first-order valence-electron chi connectivity index (χ1n) is 11.2. The van der Waals surface area contributed by atoms with E-state index in [1.54, 1.807) is 17.4 Å². The van der Waals surface area contributed by atoms with Crippen LogP contribution in [0, 0.1) is 0 Å². The number of hydrogen-bond acceptors (Lipinski definition) is 6. The van der Waals surface area contributed by atoms with Gasteiger partial charge in [-0.25, -0.2) is 8.42 Å². The number of rotatable bonds is 12. The summed E-state index contributed by atoms with van der Waals surface area (Å²) in [5.41, 5.74) is 1.65. The van der Waals surface area contributed by atoms with Crippen molar-refractivity contribution in [1.29, 1.82) is 0 Å². The van der Waals surface area contributed by atoms with Gasteiger partial charge in [0.1, 0.15) is 6.61 Å². The number of amides is 1. The van der Waals surface area contributed by atoms with Gasteiger partial charge >= 0.3 is 12.1 Å². The van der Waals surface area contributed by atoms with Crippen LogP contribution in [0.3, 0.4) is 0 Å². The SMILES string of the molecule is COCOc1cc(S(=O)(=O)c2ccc(CCCNC(=O)C(F)(F)F)cc2)ccc1OCc1ccccc1. The third-order valence-corrected chi connectivity index (χ3v) is 6.98. The molecule has 0 aliphatic heterocycles. The molecular formula is C26H26F3NO6S. The number of ether oxygens (including phenoxy) is 3. The molecule has 0 fully saturated rings. The molecule has 0 bridgehead atoms. The number of nitrogens with one attached hydrogen (secondary N) is 1. The van der Waals surface area contributed by atoms with E-state index >= 15 is 0 Å². The molecular weight excluding hydrogens is 511 g/mol. The van der Waals surface area contributed by atoms with Crippen LogP contribution in [0.15, 0.2) is 82.6 Å². The Labute approximate surface area is 213 Å². The maximum absolute atomic E-state index is 13.2. The molecule has 0 spiro atoms. The van der Waals surface area contributed by atoms with Crippen LogP contribution >= 0.6 is 0 Å². The molecule has 0 saturated carbocycles. The van der Waals surface area contributed by atoms with Crippen LogP contribution in [-0.4, -0.2) is 40.9 Å². The van der Waals surface area contributed by atoms with Gasteiger partial charge in [0, 0.05) is 19.7 Å². The van der Waals surface area contributed by atoms with Crippen molar-refractivity contribution in [2.75, 3.05) is 20.4 Å². The Hall–Kier alpha value is -3.57. The lowest BCUT2D eigenvalue weighted by Crippen LogP contribution is -2.37. The summed E-state index contributed by atoms with van der Waals surface area (Å²) in [7, 11) is -2.46. The third kappa shape index (κ3) is 7.96. The molecule has 0 atom stereocenters. The van der Waals surface area contributed by atoms with E-state index in [-0.39, 0.29) is 41.9 Å². The van der Waals surface area contributed by atoms with E-state index < -0.39 is 21.9 Å². The predicted molar refractivity (Wildman–Crippen MR) is 129 cm³/mol. The number of carbonyl (C=O) groups excluding carboxylic acids is 1. The summed E-state index contributed by atoms with van der Waals surface area (Å²) in [5.74, 6) is -1.43. The Balaban J connectivity index is 1.69. The number of alkyl halides is 3. The molecule has 0 unspecified atom stereocenters. The molecule has 0 heterocycles. The molecule has 11 heteroatoms. The standard InChI is InChI=1S/C26H26F3NO6S/c1-34-18-36-24-16-22(13-14-23(24)35-17-20-6-3-2-4-7-20)37(32,33)21-11-9-19(10-12-21)8-5-15-30-25(31)26(27,28)29/h2-4,6-7,9-14,16H,5,8,15,17-18H2,1H3,(H,30,31). The van der Waals surface area contributed by atoms with E-state index in [1.807, 2.05) is 30.3 Å². The highest BCUT2D eigenvalue weighted by molar-refractivity contribution is 7.91. The van der Waals surface area contributed by atoms with Crippen LogP contribution < -0.4 is 14.8 Å². The van der Waals surface area contributed by atoms with Crippen molar-refractivity contribution in [3.05, 3.63) is 83.9 Å². The van der Waals surface area contributed by atoms with Crippen LogP contribution in [0.5, 0.6) is 11.5 Å². The maximum atomic E-state index is 13.2. The van der Waals surface area contributed by atoms with Gasteiger partial charge in [0.05, 0.1) is 9.79 Å². The minimum atomic E-state index is -4.92. The Morgan fingerprint density at radius 1 is 0.865 bits per heavy atom. The zero-order valence-corrected chi connectivity index (χ0v) is 20.8. The van der Waals surface area contributed by atoms with Crippen molar-refractivity contribution in [1.82, 2.24) is 5.32 Å². The number of carbonyl (C=O) groups is 1. The molecule has 3 rings (SSSR count). The van der Waals surface area contributed by atoms with Crippen molar-refractivity contribution in [3.8, 4) is 11.5 Å². The van der Waals surface area contributed by atoms with Gasteiger partial charge in [0.2, 0.25) is 9.84 Å². The largest absolute Gasteiger partial charge is 0.485 e. The molecule has 0 aliphatic carbocycles. The van der Waals surface area contributed by atoms with Crippen molar-refractivity contribution >= 4 is 15.7 Å². The first-order valence-corrected chi connectivity index (χ1v) is 12.7. The second-order valence-electron chi connectivity index (χ2n) is 7.94. The molecule has 3 aromatic carbocycles. The average molecular weight is 538 g/mol. The number of methoxy groups -OCH3 is 1. The minimum absolute atomic E-state index is 0.00622. The van der Waals surface area contributed by atoms with Gasteiger partial charge < -0.3 is 19.5 Å². The molecule has 0 aromatic heterocycles. The van der Waals surface area contributed by atoms with E-state index in [1.165, 1.54) is 37.4 Å². The van der Waals surface area contributed by atoms with Gasteiger partial charge in [-0.05, 0) is 48.2 Å². The molecule has 3 aromatic rings. The minimum Gasteiger partial charge on any atom is -0.485 e. The second kappa shape index (κ2) is 12.6. The molecule has 1 amide bonds. The second-order valence-corrected chi connectivity index (χ2v) is 9.89. The highest BCUT2D eigenvalue weighted by Gasteiger charge is 2.38. The summed E-state index contributed by atoms with van der Waals surface area (Å²) in [6.07, 6.45) is -4.30. The molecule has 7 nitrogen and oxygen atoms in total. The fourth-order valence-electron chi connectivity index (χ4n) is 3.31. The Kier molecular flexibility index (Phi) is 9.54. The van der Waals surface area contributed by atoms with Gasteiger partial charge in [-0.15, -0.1) is 0 Å². The fraction of sp³-hybridized carbons (Fsp3) is 0.269. The summed E-state index contributed by atoms with van der Waals surface area (Å²) < 4.78 is 79.4. The summed E-state index contributed by atoms with van der Waals surface area (Å²) in [5, 5.41) is 1.80. The van der Waals surface area contributed by atoms with E-state index in [4.69, 9.17) is 14.2 Å². The molecule has 0 saturated heterocycles. The van der Waals surface area contributed by atoms with Gasteiger partial charge in [0.25, 0.3) is 0 Å². The van der Waals surface area contributed by atoms with Gasteiger partial charge in [-0.1, -0.05) is 42.5 Å². The zero-order chi connectivity index (χ0) is 26.9. The molecule has 37 heavy (non-hydrogen) atoms. The summed E-state index contributed by atoms with van der Waals surface area (Å²) in [4.78, 5) is 10.9.